The van der Waals surface area contributed by atoms with Gasteiger partial charge >= 0.3 is 5.97 Å². The molecule has 0 spiro atoms. The van der Waals surface area contributed by atoms with Crippen LogP contribution in [-0.2, 0) is 14.3 Å². The van der Waals surface area contributed by atoms with Gasteiger partial charge in [0.15, 0.2) is 5.92 Å². The zero-order valence-electron chi connectivity index (χ0n) is 10.4. The molecular formula is C14H12N2O3. The molecule has 0 N–H and O–H groups in total. The molecule has 0 saturated heterocycles. The topological polar surface area (TPSA) is 59.0 Å². The average molecular weight is 256 g/mol. The van der Waals surface area contributed by atoms with E-state index in [1.165, 1.54) is 4.90 Å². The highest BCUT2D eigenvalue weighted by Crippen LogP contribution is 2.38. The Kier molecular flexibility index (Phi) is 2.67. The maximum atomic E-state index is 12.3. The van der Waals surface area contributed by atoms with Crippen LogP contribution in [-0.4, -0.2) is 24.7 Å². The van der Waals surface area contributed by atoms with E-state index in [1.54, 1.807) is 19.2 Å². The van der Waals surface area contributed by atoms with Gasteiger partial charge in [0.1, 0.15) is 0 Å². The maximum Gasteiger partial charge on any atom is 0.322 e. The van der Waals surface area contributed by atoms with Gasteiger partial charge in [-0.25, -0.2) is 0 Å². The van der Waals surface area contributed by atoms with Gasteiger partial charge < -0.3 is 4.74 Å². The quantitative estimate of drug-likeness (QED) is 0.599. The number of hydrogen-bond acceptors (Lipinski definition) is 4. The van der Waals surface area contributed by atoms with E-state index >= 15 is 0 Å². The molecule has 1 atom stereocenters. The molecule has 1 aromatic rings. The number of ether oxygens (including phenoxy) is 1. The largest absolute Gasteiger partial charge is 0.465 e. The number of hydrogen-bond donors (Lipinski definition) is 0. The normalized spacial score (nSPS) is 19.8. The lowest BCUT2D eigenvalue weighted by Crippen LogP contribution is -2.33. The van der Waals surface area contributed by atoms with E-state index in [0.29, 0.717) is 11.4 Å². The summed E-state index contributed by atoms with van der Waals surface area (Å²) in [5.41, 5.74) is 2.05. The third-order valence-electron chi connectivity index (χ3n) is 3.08. The highest BCUT2D eigenvalue weighted by Gasteiger charge is 2.40. The molecular weight excluding hydrogens is 244 g/mol. The molecule has 2 heterocycles. The predicted molar refractivity (Wildman–Crippen MR) is 70.3 cm³/mol. The summed E-state index contributed by atoms with van der Waals surface area (Å²) in [6.07, 6.45) is 3.19. The fraction of sp³-hybridized carbons (Fsp3) is 0.214. The van der Waals surface area contributed by atoms with Crippen molar-refractivity contribution >= 4 is 29.5 Å². The van der Waals surface area contributed by atoms with E-state index in [4.69, 9.17) is 4.74 Å². The first-order valence-corrected chi connectivity index (χ1v) is 6.08. The summed E-state index contributed by atoms with van der Waals surface area (Å²) in [6, 6.07) is 7.33. The van der Waals surface area contributed by atoms with Crippen molar-refractivity contribution in [2.24, 2.45) is 10.9 Å². The van der Waals surface area contributed by atoms with Crippen molar-refractivity contribution in [1.82, 2.24) is 0 Å². The summed E-state index contributed by atoms with van der Waals surface area (Å²) in [4.78, 5) is 29.9. The van der Waals surface area contributed by atoms with Crippen molar-refractivity contribution in [3.63, 3.8) is 0 Å². The Balaban J connectivity index is 1.99. The fourth-order valence-electron chi connectivity index (χ4n) is 2.24. The van der Waals surface area contributed by atoms with E-state index in [2.05, 4.69) is 4.99 Å². The van der Waals surface area contributed by atoms with Gasteiger partial charge in [-0.2, -0.15) is 0 Å². The van der Waals surface area contributed by atoms with Gasteiger partial charge in [0.2, 0.25) is 5.91 Å². The number of benzene rings is 1. The summed E-state index contributed by atoms with van der Waals surface area (Å²) >= 11 is 0. The van der Waals surface area contributed by atoms with E-state index in [9.17, 15) is 9.59 Å². The van der Waals surface area contributed by atoms with Crippen LogP contribution in [0.5, 0.6) is 0 Å². The van der Waals surface area contributed by atoms with E-state index < -0.39 is 11.9 Å². The van der Waals surface area contributed by atoms with E-state index in [0.717, 1.165) is 5.69 Å². The average Bonchev–Trinajstić information content (AvgIpc) is 2.77. The number of carbonyl (C=O) groups is 2. The summed E-state index contributed by atoms with van der Waals surface area (Å²) in [5.74, 6) is -1.67. The first-order valence-electron chi connectivity index (χ1n) is 6.08. The molecule has 5 nitrogen and oxygen atoms in total. The molecule has 19 heavy (non-hydrogen) atoms. The second-order valence-corrected chi connectivity index (χ2v) is 4.24. The molecule has 1 unspecified atom stereocenters. The van der Waals surface area contributed by atoms with Gasteiger partial charge in [0.25, 0.3) is 0 Å². The molecule has 0 saturated carbocycles. The lowest BCUT2D eigenvalue weighted by Gasteiger charge is -2.23. The maximum absolute atomic E-state index is 12.3. The van der Waals surface area contributed by atoms with Crippen LogP contribution < -0.4 is 4.90 Å². The van der Waals surface area contributed by atoms with Crippen LogP contribution in [0, 0.1) is 5.92 Å². The Hall–Kier alpha value is -2.43. The number of aliphatic imine (C=N–C) groups is 1. The number of nitrogens with zero attached hydrogens (tertiary/aromatic N) is 2. The highest BCUT2D eigenvalue weighted by atomic mass is 16.5. The number of esters is 1. The van der Waals surface area contributed by atoms with Crippen molar-refractivity contribution in [3.05, 3.63) is 36.0 Å². The van der Waals surface area contributed by atoms with Crippen LogP contribution in [0.1, 0.15) is 6.92 Å². The monoisotopic (exact) mass is 256 g/mol. The minimum Gasteiger partial charge on any atom is -0.465 e. The number of para-hydroxylation sites is 2. The molecule has 0 bridgehead atoms. The standard InChI is InChI=1S/C14H12N2O3/c1-2-19-14(18)10-7-9-8-15-11-5-3-4-6-12(11)16(9)13(10)17/h3-8,10H,2H2,1H3. The van der Waals surface area contributed by atoms with Crippen LogP contribution in [0.25, 0.3) is 0 Å². The number of anilines is 1. The lowest BCUT2D eigenvalue weighted by atomic mass is 10.1. The van der Waals surface area contributed by atoms with Crippen LogP contribution in [0.15, 0.2) is 41.0 Å². The molecule has 2 aliphatic heterocycles. The van der Waals surface area contributed by atoms with Crippen molar-refractivity contribution in [3.8, 4) is 0 Å². The third kappa shape index (κ3) is 1.74. The molecule has 0 aliphatic carbocycles. The first kappa shape index (κ1) is 11.6. The molecule has 0 radical (unpaired) electrons. The Morgan fingerprint density at radius 2 is 2.21 bits per heavy atom. The minimum atomic E-state index is -0.868. The zero-order chi connectivity index (χ0) is 13.4. The van der Waals surface area contributed by atoms with Crippen LogP contribution in [0.3, 0.4) is 0 Å². The van der Waals surface area contributed by atoms with Gasteiger partial charge in [0.05, 0.1) is 29.9 Å². The van der Waals surface area contributed by atoms with Gasteiger partial charge in [-0.05, 0) is 25.1 Å². The molecule has 1 amide bonds. The van der Waals surface area contributed by atoms with E-state index in [1.807, 2.05) is 24.3 Å². The van der Waals surface area contributed by atoms with Crippen LogP contribution >= 0.6 is 0 Å². The van der Waals surface area contributed by atoms with Crippen LogP contribution in [0.4, 0.5) is 11.4 Å². The second kappa shape index (κ2) is 4.35. The molecule has 96 valence electrons. The molecule has 0 aromatic heterocycles. The molecule has 3 rings (SSSR count). The zero-order valence-corrected chi connectivity index (χ0v) is 10.4. The molecule has 5 heteroatoms. The second-order valence-electron chi connectivity index (χ2n) is 4.24. The number of rotatable bonds is 2. The van der Waals surface area contributed by atoms with Crippen molar-refractivity contribution in [2.45, 2.75) is 6.92 Å². The lowest BCUT2D eigenvalue weighted by molar-refractivity contribution is -0.148. The Morgan fingerprint density at radius 1 is 1.42 bits per heavy atom. The SMILES string of the molecule is CCOC(=O)C1C=C2C=Nc3ccccc3N2C1=O. The van der Waals surface area contributed by atoms with Crippen molar-refractivity contribution in [2.75, 3.05) is 11.5 Å². The Labute approximate surface area is 110 Å². The number of fused-ring (bicyclic) bond motifs is 3. The predicted octanol–water partition coefficient (Wildman–Crippen LogP) is 1.81. The van der Waals surface area contributed by atoms with Gasteiger partial charge in [0, 0.05) is 0 Å². The number of amides is 1. The fourth-order valence-corrected chi connectivity index (χ4v) is 2.24. The summed E-state index contributed by atoms with van der Waals surface area (Å²) in [6.45, 7) is 1.98. The molecule has 0 fully saturated rings. The van der Waals surface area contributed by atoms with E-state index in [-0.39, 0.29) is 12.5 Å². The smallest absolute Gasteiger partial charge is 0.322 e. The van der Waals surface area contributed by atoms with Gasteiger partial charge in [-0.1, -0.05) is 12.1 Å². The summed E-state index contributed by atoms with van der Waals surface area (Å²) in [5, 5.41) is 0. The Morgan fingerprint density at radius 3 is 3.00 bits per heavy atom. The van der Waals surface area contributed by atoms with Gasteiger partial charge in [-0.15, -0.1) is 0 Å². The van der Waals surface area contributed by atoms with Crippen molar-refractivity contribution < 1.29 is 14.3 Å². The first-order chi connectivity index (χ1) is 9.22. The van der Waals surface area contributed by atoms with Crippen LogP contribution in [0.2, 0.25) is 0 Å². The number of allylic oxidation sites excluding steroid dienone is 1. The van der Waals surface area contributed by atoms with Gasteiger partial charge in [-0.3, -0.25) is 19.5 Å². The third-order valence-corrected chi connectivity index (χ3v) is 3.08. The minimum absolute atomic E-state index is 0.260. The Bertz CT molecular complexity index is 619. The summed E-state index contributed by atoms with van der Waals surface area (Å²) < 4.78 is 4.91. The molecule has 2 aliphatic rings. The summed E-state index contributed by atoms with van der Waals surface area (Å²) in [7, 11) is 0. The molecule has 1 aromatic carbocycles. The highest BCUT2D eigenvalue weighted by molar-refractivity contribution is 6.19. The van der Waals surface area contributed by atoms with Crippen molar-refractivity contribution in [1.29, 1.82) is 0 Å². The number of carbonyl (C=O) groups excluding carboxylic acids is 2.